The van der Waals surface area contributed by atoms with E-state index in [4.69, 9.17) is 11.6 Å². The summed E-state index contributed by atoms with van der Waals surface area (Å²) in [5.41, 5.74) is 1.80. The molecule has 13 heavy (non-hydrogen) atoms. The van der Waals surface area contributed by atoms with E-state index in [-0.39, 0.29) is 0 Å². The van der Waals surface area contributed by atoms with Gasteiger partial charge in [0.05, 0.1) is 0 Å². The average molecular weight is 195 g/mol. The number of allylic oxidation sites excluding steroid dienone is 1. The number of hydrogen-bond acceptors (Lipinski definition) is 1. The lowest BCUT2D eigenvalue weighted by Crippen LogP contribution is -1.81. The summed E-state index contributed by atoms with van der Waals surface area (Å²) in [4.78, 5) is 10.5. The third kappa shape index (κ3) is 3.03. The van der Waals surface area contributed by atoms with E-state index < -0.39 is 0 Å². The van der Waals surface area contributed by atoms with E-state index in [0.717, 1.165) is 23.8 Å². The smallest absolute Gasteiger partial charge is 0.146 e. The maximum Gasteiger partial charge on any atom is 0.146 e. The summed E-state index contributed by atoms with van der Waals surface area (Å²) in [5, 5.41) is 0.710. The van der Waals surface area contributed by atoms with Crippen molar-refractivity contribution in [2.45, 2.75) is 13.3 Å². The molecule has 0 saturated heterocycles. The van der Waals surface area contributed by atoms with Crippen molar-refractivity contribution in [2.75, 3.05) is 0 Å². The molecule has 0 aliphatic carbocycles. The van der Waals surface area contributed by atoms with Crippen LogP contribution in [-0.4, -0.2) is 6.29 Å². The van der Waals surface area contributed by atoms with E-state index in [2.05, 4.69) is 0 Å². The Morgan fingerprint density at radius 2 is 2.00 bits per heavy atom. The highest BCUT2D eigenvalue weighted by Crippen LogP contribution is 2.12. The second-order valence-corrected chi connectivity index (χ2v) is 3.18. The first-order valence-electron chi connectivity index (χ1n) is 4.17. The Hall–Kier alpha value is -1.08. The molecule has 0 saturated carbocycles. The van der Waals surface area contributed by atoms with Crippen LogP contribution in [0.25, 0.3) is 6.08 Å². The third-order valence-electron chi connectivity index (χ3n) is 1.78. The SMILES string of the molecule is CC/C(C=O)=C\c1ccc(Cl)cc1. The van der Waals surface area contributed by atoms with Gasteiger partial charge in [-0.15, -0.1) is 0 Å². The van der Waals surface area contributed by atoms with Crippen LogP contribution in [0.4, 0.5) is 0 Å². The van der Waals surface area contributed by atoms with Crippen LogP contribution in [0.1, 0.15) is 18.9 Å². The van der Waals surface area contributed by atoms with Gasteiger partial charge in [0.2, 0.25) is 0 Å². The predicted molar refractivity (Wildman–Crippen MR) is 55.8 cm³/mol. The van der Waals surface area contributed by atoms with Crippen LogP contribution in [-0.2, 0) is 4.79 Å². The zero-order valence-corrected chi connectivity index (χ0v) is 8.21. The largest absolute Gasteiger partial charge is 0.298 e. The van der Waals surface area contributed by atoms with Gasteiger partial charge in [0.25, 0.3) is 0 Å². The van der Waals surface area contributed by atoms with Crippen LogP contribution in [0.3, 0.4) is 0 Å². The molecule has 0 N–H and O–H groups in total. The van der Waals surface area contributed by atoms with Gasteiger partial charge in [-0.2, -0.15) is 0 Å². The normalized spacial score (nSPS) is 11.4. The molecule has 0 radical (unpaired) electrons. The van der Waals surface area contributed by atoms with Gasteiger partial charge in [-0.3, -0.25) is 4.79 Å². The number of rotatable bonds is 3. The summed E-state index contributed by atoms with van der Waals surface area (Å²) in [5.74, 6) is 0. The van der Waals surface area contributed by atoms with Crippen molar-refractivity contribution < 1.29 is 4.79 Å². The van der Waals surface area contributed by atoms with E-state index in [1.165, 1.54) is 0 Å². The number of benzene rings is 1. The zero-order valence-electron chi connectivity index (χ0n) is 7.46. The number of halogens is 1. The molecule has 0 aliphatic heterocycles. The van der Waals surface area contributed by atoms with E-state index in [1.807, 2.05) is 37.3 Å². The molecule has 1 aromatic carbocycles. The molecule has 0 unspecified atom stereocenters. The van der Waals surface area contributed by atoms with E-state index in [9.17, 15) is 4.79 Å². The first kappa shape index (κ1) is 10.0. The van der Waals surface area contributed by atoms with Gasteiger partial charge in [-0.1, -0.05) is 30.7 Å². The standard InChI is InChI=1S/C11H11ClO/c1-2-9(8-13)7-10-3-5-11(12)6-4-10/h3-8H,2H2,1H3/b9-7+. The minimum Gasteiger partial charge on any atom is -0.298 e. The Balaban J connectivity index is 2.90. The molecule has 0 heterocycles. The molecular weight excluding hydrogens is 184 g/mol. The van der Waals surface area contributed by atoms with Crippen molar-refractivity contribution in [1.82, 2.24) is 0 Å². The van der Waals surface area contributed by atoms with Crippen molar-refractivity contribution in [2.24, 2.45) is 0 Å². The fourth-order valence-corrected chi connectivity index (χ4v) is 1.12. The van der Waals surface area contributed by atoms with Gasteiger partial charge in [0.15, 0.2) is 0 Å². The molecule has 1 rings (SSSR count). The van der Waals surface area contributed by atoms with Crippen molar-refractivity contribution >= 4 is 24.0 Å². The van der Waals surface area contributed by atoms with Crippen LogP contribution in [0.5, 0.6) is 0 Å². The summed E-state index contributed by atoms with van der Waals surface area (Å²) < 4.78 is 0. The topological polar surface area (TPSA) is 17.1 Å². The van der Waals surface area contributed by atoms with Crippen LogP contribution >= 0.6 is 11.6 Å². The Labute approximate surface area is 83.0 Å². The predicted octanol–water partition coefficient (Wildman–Crippen LogP) is 3.33. The summed E-state index contributed by atoms with van der Waals surface area (Å²) in [6.45, 7) is 1.95. The first-order valence-corrected chi connectivity index (χ1v) is 4.55. The molecule has 0 aliphatic rings. The number of aldehydes is 1. The van der Waals surface area contributed by atoms with Crippen LogP contribution in [0.2, 0.25) is 5.02 Å². The fourth-order valence-electron chi connectivity index (χ4n) is 0.992. The summed E-state index contributed by atoms with van der Waals surface area (Å²) >= 11 is 5.73. The highest BCUT2D eigenvalue weighted by Gasteiger charge is 1.92. The molecule has 68 valence electrons. The average Bonchev–Trinajstić information content (AvgIpc) is 2.17. The zero-order chi connectivity index (χ0) is 9.68. The highest BCUT2D eigenvalue weighted by molar-refractivity contribution is 6.30. The van der Waals surface area contributed by atoms with Crippen molar-refractivity contribution in [3.05, 3.63) is 40.4 Å². The maximum absolute atomic E-state index is 10.5. The Bertz CT molecular complexity index is 311. The Morgan fingerprint density at radius 1 is 1.38 bits per heavy atom. The molecule has 0 bridgehead atoms. The van der Waals surface area contributed by atoms with Gasteiger partial charge in [-0.25, -0.2) is 0 Å². The van der Waals surface area contributed by atoms with E-state index >= 15 is 0 Å². The second-order valence-electron chi connectivity index (χ2n) is 2.74. The lowest BCUT2D eigenvalue weighted by Gasteiger charge is -1.96. The van der Waals surface area contributed by atoms with Gasteiger partial charge < -0.3 is 0 Å². The molecule has 2 heteroatoms. The number of hydrogen-bond donors (Lipinski definition) is 0. The van der Waals surface area contributed by atoms with Crippen molar-refractivity contribution in [1.29, 1.82) is 0 Å². The summed E-state index contributed by atoms with van der Waals surface area (Å²) in [6, 6.07) is 7.40. The third-order valence-corrected chi connectivity index (χ3v) is 2.03. The maximum atomic E-state index is 10.5. The molecule has 0 amide bonds. The summed E-state index contributed by atoms with van der Waals surface area (Å²) in [6.07, 6.45) is 3.50. The van der Waals surface area contributed by atoms with E-state index in [1.54, 1.807) is 0 Å². The highest BCUT2D eigenvalue weighted by atomic mass is 35.5. The fraction of sp³-hybridized carbons (Fsp3) is 0.182. The minimum absolute atomic E-state index is 0.710. The molecule has 0 atom stereocenters. The molecule has 1 nitrogen and oxygen atoms in total. The van der Waals surface area contributed by atoms with Gasteiger partial charge in [0, 0.05) is 5.02 Å². The Kier molecular flexibility index (Phi) is 3.71. The quantitative estimate of drug-likeness (QED) is 0.533. The number of carbonyl (C=O) groups is 1. The molecule has 1 aromatic rings. The number of carbonyl (C=O) groups excluding carboxylic acids is 1. The monoisotopic (exact) mass is 194 g/mol. The lowest BCUT2D eigenvalue weighted by molar-refractivity contribution is -0.104. The van der Waals surface area contributed by atoms with Crippen LogP contribution in [0.15, 0.2) is 29.8 Å². The van der Waals surface area contributed by atoms with Gasteiger partial charge >= 0.3 is 0 Å². The van der Waals surface area contributed by atoms with Crippen molar-refractivity contribution in [3.8, 4) is 0 Å². The van der Waals surface area contributed by atoms with Crippen LogP contribution < -0.4 is 0 Å². The van der Waals surface area contributed by atoms with Gasteiger partial charge in [-0.05, 0) is 35.8 Å². The van der Waals surface area contributed by atoms with E-state index in [0.29, 0.717) is 5.02 Å². The lowest BCUT2D eigenvalue weighted by atomic mass is 10.1. The molecule has 0 spiro atoms. The Morgan fingerprint density at radius 3 is 2.46 bits per heavy atom. The molecule has 0 aromatic heterocycles. The first-order chi connectivity index (χ1) is 6.26. The van der Waals surface area contributed by atoms with Crippen molar-refractivity contribution in [3.63, 3.8) is 0 Å². The van der Waals surface area contributed by atoms with Gasteiger partial charge in [0.1, 0.15) is 6.29 Å². The molecule has 0 fully saturated rings. The second kappa shape index (κ2) is 4.83. The molecular formula is C11H11ClO. The van der Waals surface area contributed by atoms with Crippen LogP contribution in [0, 0.1) is 0 Å². The summed E-state index contributed by atoms with van der Waals surface area (Å²) in [7, 11) is 0. The minimum atomic E-state index is 0.710.